The minimum atomic E-state index is -1.59. The maximum Gasteiger partial charge on any atom is 0.328 e. The molecule has 0 saturated carbocycles. The molecule has 0 aliphatic carbocycles. The minimum Gasteiger partial charge on any atom is -0.508 e. The van der Waals surface area contributed by atoms with Crippen LogP contribution in [0.5, 0.6) is 5.75 Å². The molecule has 0 radical (unpaired) electrons. The van der Waals surface area contributed by atoms with Crippen molar-refractivity contribution in [2.24, 2.45) is 11.7 Å². The molecule has 5 atom stereocenters. The second-order valence-electron chi connectivity index (χ2n) is 10.0. The normalized spacial score (nSPS) is 14.8. The van der Waals surface area contributed by atoms with Gasteiger partial charge in [0.15, 0.2) is 0 Å². The Labute approximate surface area is 237 Å². The molecule has 1 aromatic heterocycles. The van der Waals surface area contributed by atoms with E-state index in [1.54, 1.807) is 18.3 Å². The molecule has 3 rings (SSSR count). The molecule has 3 amide bonds. The van der Waals surface area contributed by atoms with Crippen molar-refractivity contribution in [2.75, 3.05) is 6.61 Å². The molecule has 5 unspecified atom stereocenters. The van der Waals surface area contributed by atoms with Gasteiger partial charge in [-0.2, -0.15) is 0 Å². The maximum atomic E-state index is 13.7. The number of para-hydroxylation sites is 1. The van der Waals surface area contributed by atoms with Crippen LogP contribution in [0.4, 0.5) is 0 Å². The number of nitrogens with two attached hydrogens (primary N) is 1. The number of aromatic nitrogens is 1. The largest absolute Gasteiger partial charge is 0.508 e. The van der Waals surface area contributed by atoms with Gasteiger partial charge in [0.05, 0.1) is 12.6 Å². The van der Waals surface area contributed by atoms with Crippen LogP contribution in [0.15, 0.2) is 54.7 Å². The predicted octanol–water partition coefficient (Wildman–Crippen LogP) is 0.563. The number of carbonyl (C=O) groups is 4. The van der Waals surface area contributed by atoms with Crippen molar-refractivity contribution in [3.8, 4) is 5.75 Å². The van der Waals surface area contributed by atoms with Crippen molar-refractivity contribution in [3.63, 3.8) is 0 Å². The molecule has 0 spiro atoms. The fourth-order valence-corrected chi connectivity index (χ4v) is 4.32. The van der Waals surface area contributed by atoms with Crippen LogP contribution in [0.25, 0.3) is 10.9 Å². The highest BCUT2D eigenvalue weighted by atomic mass is 16.4. The number of aliphatic carboxylic acids is 1. The number of hydrogen-bond donors (Lipinski definition) is 8. The van der Waals surface area contributed by atoms with Crippen LogP contribution >= 0.6 is 0 Å². The van der Waals surface area contributed by atoms with E-state index in [0.717, 1.165) is 16.5 Å². The van der Waals surface area contributed by atoms with Crippen LogP contribution < -0.4 is 21.7 Å². The zero-order chi connectivity index (χ0) is 30.1. The summed E-state index contributed by atoms with van der Waals surface area (Å²) in [6, 6.07) is 8.56. The molecular weight excluding hydrogens is 530 g/mol. The summed E-state index contributed by atoms with van der Waals surface area (Å²) in [6.07, 6.45) is 2.41. The highest BCUT2D eigenvalue weighted by molar-refractivity contribution is 5.95. The van der Waals surface area contributed by atoms with Crippen LogP contribution in [-0.4, -0.2) is 74.8 Å². The number of H-pyrrole nitrogens is 1. The van der Waals surface area contributed by atoms with E-state index in [1.165, 1.54) is 12.1 Å². The second-order valence-corrected chi connectivity index (χ2v) is 10.0. The van der Waals surface area contributed by atoms with Gasteiger partial charge in [-0.05, 0) is 35.2 Å². The van der Waals surface area contributed by atoms with Gasteiger partial charge in [-0.1, -0.05) is 50.6 Å². The van der Waals surface area contributed by atoms with Crippen molar-refractivity contribution in [1.82, 2.24) is 20.9 Å². The molecular formula is C29H37N5O7. The van der Waals surface area contributed by atoms with Crippen LogP contribution in [0.2, 0.25) is 0 Å². The van der Waals surface area contributed by atoms with Crippen molar-refractivity contribution in [3.05, 3.63) is 65.9 Å². The number of phenols is 1. The highest BCUT2D eigenvalue weighted by Gasteiger charge is 2.31. The molecule has 0 aliphatic heterocycles. The third-order valence-corrected chi connectivity index (χ3v) is 7.10. The van der Waals surface area contributed by atoms with E-state index in [1.807, 2.05) is 38.1 Å². The Balaban J connectivity index is 1.90. The quantitative estimate of drug-likeness (QED) is 0.138. The fraction of sp³-hybridized carbons (Fsp3) is 0.379. The van der Waals surface area contributed by atoms with Crippen molar-refractivity contribution >= 4 is 34.6 Å². The lowest BCUT2D eigenvalue weighted by atomic mass is 9.98. The van der Waals surface area contributed by atoms with Crippen LogP contribution in [-0.2, 0) is 32.0 Å². The first-order valence-electron chi connectivity index (χ1n) is 13.4. The average molecular weight is 568 g/mol. The number of carboxylic acid groups (broad SMARTS) is 1. The molecule has 12 nitrogen and oxygen atoms in total. The number of aliphatic hydroxyl groups excluding tert-OH is 1. The van der Waals surface area contributed by atoms with Gasteiger partial charge in [-0.25, -0.2) is 4.79 Å². The summed E-state index contributed by atoms with van der Waals surface area (Å²) in [5.74, 6) is -3.64. The zero-order valence-corrected chi connectivity index (χ0v) is 23.0. The number of rotatable bonds is 14. The summed E-state index contributed by atoms with van der Waals surface area (Å²) in [6.45, 7) is 2.88. The Morgan fingerprint density at radius 1 is 0.878 bits per heavy atom. The number of benzene rings is 2. The lowest BCUT2D eigenvalue weighted by Crippen LogP contribution is -2.58. The topological polar surface area (TPSA) is 207 Å². The Hall–Kier alpha value is -4.42. The van der Waals surface area contributed by atoms with Gasteiger partial charge in [0.2, 0.25) is 17.7 Å². The number of aromatic amines is 1. The summed E-state index contributed by atoms with van der Waals surface area (Å²) in [5.41, 5.74) is 8.30. The third kappa shape index (κ3) is 8.29. The number of aliphatic hydroxyl groups is 1. The first-order chi connectivity index (χ1) is 19.5. The predicted molar refractivity (Wildman–Crippen MR) is 152 cm³/mol. The lowest BCUT2D eigenvalue weighted by molar-refractivity contribution is -0.143. The number of hydrogen-bond acceptors (Lipinski definition) is 7. The van der Waals surface area contributed by atoms with Gasteiger partial charge in [0, 0.05) is 29.9 Å². The molecule has 220 valence electrons. The first-order valence-corrected chi connectivity index (χ1v) is 13.4. The molecule has 2 aromatic carbocycles. The lowest BCUT2D eigenvalue weighted by Gasteiger charge is -2.26. The summed E-state index contributed by atoms with van der Waals surface area (Å²) < 4.78 is 0. The fourth-order valence-electron chi connectivity index (χ4n) is 4.32. The summed E-state index contributed by atoms with van der Waals surface area (Å²) in [7, 11) is 0. The van der Waals surface area contributed by atoms with E-state index in [2.05, 4.69) is 20.9 Å². The molecule has 9 N–H and O–H groups in total. The van der Waals surface area contributed by atoms with Gasteiger partial charge < -0.3 is 42.0 Å². The summed E-state index contributed by atoms with van der Waals surface area (Å²) in [4.78, 5) is 54.4. The molecule has 0 aliphatic rings. The molecule has 0 fully saturated rings. The van der Waals surface area contributed by atoms with Crippen molar-refractivity contribution in [2.45, 2.75) is 57.3 Å². The van der Waals surface area contributed by atoms with Gasteiger partial charge in [0.25, 0.3) is 0 Å². The number of aromatic hydroxyl groups is 1. The van der Waals surface area contributed by atoms with E-state index in [9.17, 15) is 34.5 Å². The Bertz CT molecular complexity index is 1360. The Morgan fingerprint density at radius 2 is 1.46 bits per heavy atom. The number of nitrogens with one attached hydrogen (secondary N) is 4. The van der Waals surface area contributed by atoms with E-state index < -0.39 is 54.5 Å². The third-order valence-electron chi connectivity index (χ3n) is 7.10. The molecule has 0 saturated heterocycles. The zero-order valence-electron chi connectivity index (χ0n) is 23.0. The number of carboxylic acids is 1. The van der Waals surface area contributed by atoms with E-state index in [-0.39, 0.29) is 24.5 Å². The number of carbonyl (C=O) groups excluding carboxylic acids is 3. The molecule has 12 heteroatoms. The Morgan fingerprint density at radius 3 is 2.07 bits per heavy atom. The van der Waals surface area contributed by atoms with E-state index in [4.69, 9.17) is 5.73 Å². The minimum absolute atomic E-state index is 0.00385. The number of phenolic OH excluding ortho intramolecular Hbond substituents is 1. The SMILES string of the molecule is CCC(C)C(N)C(=O)NC(Cc1c[nH]c2ccccc12)C(=O)NC(Cc1ccc(O)cc1)C(=O)NC(CO)C(=O)O. The standard InChI is InChI=1S/C29H37N5O7/c1-3-16(2)25(30)28(39)33-23(13-18-14-31-21-7-5-4-6-20(18)21)27(38)32-22(12-17-8-10-19(36)11-9-17)26(37)34-24(15-35)29(40)41/h4-11,14,16,22-25,31,35-36H,3,12-13,15,30H2,1-2H3,(H,32,38)(H,33,39)(H,34,37)(H,40,41). The first kappa shape index (κ1) is 31.1. The smallest absolute Gasteiger partial charge is 0.328 e. The van der Waals surface area contributed by atoms with Gasteiger partial charge in [-0.3, -0.25) is 14.4 Å². The Kier molecular flexibility index (Phi) is 10.8. The van der Waals surface area contributed by atoms with Crippen LogP contribution in [0.1, 0.15) is 31.4 Å². The monoisotopic (exact) mass is 567 g/mol. The van der Waals surface area contributed by atoms with Crippen molar-refractivity contribution < 1.29 is 34.5 Å². The van der Waals surface area contributed by atoms with Gasteiger partial charge in [0.1, 0.15) is 23.9 Å². The molecule has 0 bridgehead atoms. The van der Waals surface area contributed by atoms with Gasteiger partial charge in [-0.15, -0.1) is 0 Å². The highest BCUT2D eigenvalue weighted by Crippen LogP contribution is 2.20. The average Bonchev–Trinajstić information content (AvgIpc) is 3.37. The maximum absolute atomic E-state index is 13.7. The number of fused-ring (bicyclic) bond motifs is 1. The summed E-state index contributed by atoms with van der Waals surface area (Å²) in [5, 5.41) is 36.8. The van der Waals surface area contributed by atoms with Crippen LogP contribution in [0.3, 0.4) is 0 Å². The number of amides is 3. The second kappa shape index (κ2) is 14.3. The van der Waals surface area contributed by atoms with Crippen molar-refractivity contribution in [1.29, 1.82) is 0 Å². The molecule has 3 aromatic rings. The molecule has 41 heavy (non-hydrogen) atoms. The van der Waals surface area contributed by atoms with Gasteiger partial charge >= 0.3 is 5.97 Å². The van der Waals surface area contributed by atoms with E-state index in [0.29, 0.717) is 12.0 Å². The molecule has 1 heterocycles. The van der Waals surface area contributed by atoms with E-state index >= 15 is 0 Å². The van der Waals surface area contributed by atoms with Crippen LogP contribution in [0, 0.1) is 5.92 Å². The summed E-state index contributed by atoms with van der Waals surface area (Å²) >= 11 is 0.